The fraction of sp³-hybridized carbons (Fsp3) is 0.120. The minimum atomic E-state index is -1.14. The van der Waals surface area contributed by atoms with Gasteiger partial charge in [0, 0.05) is 36.7 Å². The van der Waals surface area contributed by atoms with Crippen LogP contribution in [-0.4, -0.2) is 10.7 Å². The van der Waals surface area contributed by atoms with Crippen molar-refractivity contribution >= 4 is 39.0 Å². The van der Waals surface area contributed by atoms with Crippen LogP contribution in [0.25, 0.3) is 61.2 Å². The number of hydrogen-bond donors (Lipinski definition) is 0. The molecule has 2 aliphatic carbocycles. The lowest BCUT2D eigenvalue weighted by Gasteiger charge is -2.24. The summed E-state index contributed by atoms with van der Waals surface area (Å²) in [7, 11) is 0. The summed E-state index contributed by atoms with van der Waals surface area (Å²) < 4.78 is 62.2. The molecule has 0 radical (unpaired) electrons. The minimum absolute atomic E-state index is 0.199. The van der Waals surface area contributed by atoms with Gasteiger partial charge in [0.1, 0.15) is 11.5 Å². The van der Waals surface area contributed by atoms with Crippen LogP contribution in [0, 0.1) is 0 Å². The Labute approximate surface area is 318 Å². The molecule has 0 saturated heterocycles. The second-order valence-corrected chi connectivity index (χ2v) is 13.6. The zero-order valence-corrected chi connectivity index (χ0v) is 29.0. The van der Waals surface area contributed by atoms with Crippen LogP contribution in [0.15, 0.2) is 173 Å². The molecule has 0 fully saturated rings. The Balaban J connectivity index is 1.19. The van der Waals surface area contributed by atoms with E-state index < -0.39 is 12.8 Å². The largest absolute Gasteiger partial charge is 0.455 e. The van der Waals surface area contributed by atoms with Gasteiger partial charge in [-0.05, 0) is 94.0 Å². The molecular formula is C50H38N2O. The topological polar surface area (TPSA) is 38.4 Å². The average Bonchev–Trinajstić information content (AvgIpc) is 3.70. The molecule has 3 nitrogen and oxygen atoms in total. The predicted octanol–water partition coefficient (Wildman–Crippen LogP) is 11.4. The summed E-state index contributed by atoms with van der Waals surface area (Å²) in [5.41, 5.74) is 10.7. The fourth-order valence-electron chi connectivity index (χ4n) is 7.96. The third-order valence-electron chi connectivity index (χ3n) is 10.5. The third kappa shape index (κ3) is 5.61. The number of benzene rings is 5. The number of furan rings is 1. The Morgan fingerprint density at radius 2 is 1.19 bits per heavy atom. The number of aromatic nitrogens is 1. The number of rotatable bonds is 6. The van der Waals surface area contributed by atoms with Gasteiger partial charge in [-0.3, -0.25) is 9.98 Å². The second kappa shape index (κ2) is 13.3. The lowest BCUT2D eigenvalue weighted by molar-refractivity contribution is 0.565. The monoisotopic (exact) mass is 688 g/mol. The van der Waals surface area contributed by atoms with Gasteiger partial charge in [-0.15, -0.1) is 0 Å². The molecular weight excluding hydrogens is 645 g/mol. The van der Waals surface area contributed by atoms with E-state index in [4.69, 9.17) is 12.2 Å². The van der Waals surface area contributed by atoms with Gasteiger partial charge in [0.05, 0.1) is 16.7 Å². The van der Waals surface area contributed by atoms with Crippen molar-refractivity contribution in [1.82, 2.24) is 4.98 Å². The molecule has 2 aromatic heterocycles. The lowest BCUT2D eigenvalue weighted by atomic mass is 9.82. The number of fused-ring (bicyclic) bond motifs is 4. The predicted molar refractivity (Wildman–Crippen MR) is 219 cm³/mol. The molecule has 254 valence electrons. The molecule has 3 heteroatoms. The molecule has 1 aliphatic heterocycles. The molecule has 0 spiro atoms. The maximum Gasteiger partial charge on any atom is 0.143 e. The van der Waals surface area contributed by atoms with E-state index in [1.54, 1.807) is 6.20 Å². The molecule has 7 aromatic rings. The zero-order chi connectivity index (χ0) is 40.4. The van der Waals surface area contributed by atoms with Crippen molar-refractivity contribution in [3.8, 4) is 33.6 Å². The number of nitrogens with zero attached hydrogens (tertiary/aromatic N) is 2. The van der Waals surface area contributed by atoms with Crippen molar-refractivity contribution in [2.45, 2.75) is 38.5 Å². The first-order chi connectivity index (χ1) is 28.8. The maximum atomic E-state index is 9.66. The zero-order valence-electron chi connectivity index (χ0n) is 35.0. The molecule has 5 aromatic carbocycles. The van der Waals surface area contributed by atoms with Crippen LogP contribution in [0.1, 0.15) is 51.6 Å². The Hall–Kier alpha value is -6.32. The molecule has 3 aliphatic rings. The molecule has 2 unspecified atom stereocenters. The van der Waals surface area contributed by atoms with Crippen molar-refractivity contribution in [3.05, 3.63) is 185 Å². The van der Waals surface area contributed by atoms with Crippen molar-refractivity contribution in [1.29, 1.82) is 0 Å². The third-order valence-corrected chi connectivity index (χ3v) is 10.5. The first-order valence-corrected chi connectivity index (χ1v) is 18.2. The normalized spacial score (nSPS) is 19.7. The van der Waals surface area contributed by atoms with Crippen LogP contribution >= 0.6 is 0 Å². The molecule has 0 N–H and O–H groups in total. The van der Waals surface area contributed by atoms with E-state index in [9.17, 15) is 5.48 Å². The van der Waals surface area contributed by atoms with Gasteiger partial charge in [-0.2, -0.15) is 0 Å². The SMILES string of the molecule is [2H]c1c([2H])c([2H])c2c(c1[2H])=C(C1=CC=C(c3oc(-c4ccccc4)c(-c4ccccc4)c3-c3ccccc3)CC1)C([2H])C([2H])C=2C1=Nc2c(ccc3cccnc23)CC1. The number of aliphatic imine (C=N–C) groups is 1. The summed E-state index contributed by atoms with van der Waals surface area (Å²) in [6.45, 7) is 0. The number of hydrogen-bond acceptors (Lipinski definition) is 3. The summed E-state index contributed by atoms with van der Waals surface area (Å²) >= 11 is 0. The standard InChI is InChI=1S/C50H38N2O/c1-4-13-34(14-5-1)45-46(35-15-6-2-7-16-35)50(53-49(45)38-17-8-3-9-18-38)39-26-22-33(23-27-39)40-29-30-43(42-21-11-10-20-41(40)42)44-31-28-37-25-24-36-19-12-32-51-47(36)48(37)52-44/h1-22,24-26,32H,23,27-31H2/i10D,11D,20D,21D,29D,30D. The van der Waals surface area contributed by atoms with E-state index in [0.29, 0.717) is 53.4 Å². The highest BCUT2D eigenvalue weighted by Crippen LogP contribution is 2.48. The molecule has 0 bridgehead atoms. The van der Waals surface area contributed by atoms with Crippen molar-refractivity contribution in [2.24, 2.45) is 4.99 Å². The van der Waals surface area contributed by atoms with Gasteiger partial charge in [0.25, 0.3) is 0 Å². The summed E-state index contributed by atoms with van der Waals surface area (Å²) in [6.07, 6.45) is 5.64. The molecule has 2 atom stereocenters. The van der Waals surface area contributed by atoms with Crippen molar-refractivity contribution in [2.75, 3.05) is 0 Å². The number of aryl methyl sites for hydroxylation is 1. The molecule has 3 heterocycles. The molecule has 10 rings (SSSR count). The van der Waals surface area contributed by atoms with Gasteiger partial charge < -0.3 is 4.42 Å². The highest BCUT2D eigenvalue weighted by atomic mass is 16.3. The van der Waals surface area contributed by atoms with Crippen LogP contribution in [-0.2, 0) is 6.42 Å². The van der Waals surface area contributed by atoms with E-state index in [0.717, 1.165) is 67.0 Å². The Morgan fingerprint density at radius 3 is 1.89 bits per heavy atom. The minimum Gasteiger partial charge on any atom is -0.455 e. The Bertz CT molecular complexity index is 3060. The fourth-order valence-corrected chi connectivity index (χ4v) is 7.96. The van der Waals surface area contributed by atoms with E-state index >= 15 is 0 Å². The summed E-state index contributed by atoms with van der Waals surface area (Å²) in [6, 6.07) is 37.5. The van der Waals surface area contributed by atoms with Crippen molar-refractivity contribution < 1.29 is 12.6 Å². The quantitative estimate of drug-likeness (QED) is 0.174. The molecule has 0 amide bonds. The Morgan fingerprint density at radius 1 is 0.566 bits per heavy atom. The Kier molecular flexibility index (Phi) is 6.44. The van der Waals surface area contributed by atoms with Crippen LogP contribution in [0.4, 0.5) is 5.69 Å². The van der Waals surface area contributed by atoms with Crippen LogP contribution in [0.2, 0.25) is 0 Å². The number of pyridine rings is 1. The van der Waals surface area contributed by atoms with Gasteiger partial charge >= 0.3 is 0 Å². The smallest absolute Gasteiger partial charge is 0.143 e. The van der Waals surface area contributed by atoms with Gasteiger partial charge in [-0.25, -0.2) is 0 Å². The maximum absolute atomic E-state index is 9.66. The van der Waals surface area contributed by atoms with Gasteiger partial charge in [-0.1, -0.05) is 146 Å². The highest BCUT2D eigenvalue weighted by molar-refractivity contribution is 6.21. The van der Waals surface area contributed by atoms with Gasteiger partial charge in [0.15, 0.2) is 0 Å². The van der Waals surface area contributed by atoms with Crippen LogP contribution in [0.5, 0.6) is 0 Å². The molecule has 53 heavy (non-hydrogen) atoms. The first kappa shape index (κ1) is 25.6. The summed E-state index contributed by atoms with van der Waals surface area (Å²) in [5, 5.41) is 1.51. The van der Waals surface area contributed by atoms with E-state index in [1.807, 2.05) is 84.9 Å². The second-order valence-electron chi connectivity index (χ2n) is 13.6. The van der Waals surface area contributed by atoms with E-state index in [1.165, 1.54) is 0 Å². The first-order valence-electron chi connectivity index (χ1n) is 21.3. The van der Waals surface area contributed by atoms with E-state index in [-0.39, 0.29) is 29.4 Å². The van der Waals surface area contributed by atoms with E-state index in [2.05, 4.69) is 47.4 Å². The lowest BCUT2D eigenvalue weighted by Crippen LogP contribution is -2.35. The summed E-state index contributed by atoms with van der Waals surface area (Å²) in [5.74, 6) is 1.53. The van der Waals surface area contributed by atoms with Gasteiger partial charge in [0.2, 0.25) is 0 Å². The molecule has 0 saturated carbocycles. The summed E-state index contributed by atoms with van der Waals surface area (Å²) in [4.78, 5) is 9.71. The average molecular weight is 689 g/mol. The number of allylic oxidation sites excluding steroid dienone is 4. The highest BCUT2D eigenvalue weighted by Gasteiger charge is 2.28. The van der Waals surface area contributed by atoms with Crippen LogP contribution < -0.4 is 10.4 Å². The van der Waals surface area contributed by atoms with Crippen LogP contribution in [0.3, 0.4) is 0 Å². The van der Waals surface area contributed by atoms with Crippen molar-refractivity contribution in [3.63, 3.8) is 0 Å².